The summed E-state index contributed by atoms with van der Waals surface area (Å²) >= 11 is 0. The first kappa shape index (κ1) is 19.8. The number of anilines is 1. The van der Waals surface area contributed by atoms with Crippen LogP contribution >= 0.6 is 0 Å². The number of nitrogens with zero attached hydrogens (tertiary/aromatic N) is 2. The molecule has 5 rings (SSSR count). The average molecular weight is 408 g/mol. The normalized spacial score (nSPS) is 31.7. The largest absolute Gasteiger partial charge is 0.481 e. The topological polar surface area (TPSA) is 65.5 Å². The van der Waals surface area contributed by atoms with E-state index in [0.717, 1.165) is 44.0 Å². The van der Waals surface area contributed by atoms with E-state index in [1.165, 1.54) is 42.0 Å². The van der Waals surface area contributed by atoms with Crippen LogP contribution in [0.15, 0.2) is 30.5 Å². The lowest BCUT2D eigenvalue weighted by atomic mass is 9.87. The summed E-state index contributed by atoms with van der Waals surface area (Å²) in [7, 11) is 0. The molecule has 2 atom stereocenters. The first-order valence-electron chi connectivity index (χ1n) is 11.7. The lowest BCUT2D eigenvalue weighted by molar-refractivity contribution is -0.144. The Morgan fingerprint density at radius 3 is 2.50 bits per heavy atom. The Balaban J connectivity index is 1.26. The molecule has 2 bridgehead atoms. The third-order valence-corrected chi connectivity index (χ3v) is 7.75. The van der Waals surface area contributed by atoms with Gasteiger partial charge in [0.1, 0.15) is 5.82 Å². The Bertz CT molecular complexity index is 908. The first-order valence-corrected chi connectivity index (χ1v) is 11.7. The van der Waals surface area contributed by atoms with Crippen molar-refractivity contribution < 1.29 is 9.90 Å². The van der Waals surface area contributed by atoms with E-state index in [0.29, 0.717) is 18.1 Å². The maximum Gasteiger partial charge on any atom is 0.306 e. The van der Waals surface area contributed by atoms with Crippen LogP contribution in [0, 0.1) is 11.8 Å². The zero-order valence-corrected chi connectivity index (χ0v) is 17.9. The Morgan fingerprint density at radius 2 is 1.80 bits per heavy atom. The van der Waals surface area contributed by atoms with Crippen molar-refractivity contribution in [2.24, 2.45) is 11.8 Å². The molecule has 5 heteroatoms. The lowest BCUT2D eigenvalue weighted by Crippen LogP contribution is -2.44. The van der Waals surface area contributed by atoms with E-state index in [9.17, 15) is 9.90 Å². The number of hydrogen-bond donors (Lipinski definition) is 2. The van der Waals surface area contributed by atoms with Crippen LogP contribution in [0.5, 0.6) is 0 Å². The molecular formula is C25H33N3O2. The second kappa shape index (κ2) is 8.18. The Kier molecular flexibility index (Phi) is 5.40. The van der Waals surface area contributed by atoms with Gasteiger partial charge in [-0.1, -0.05) is 19.1 Å². The van der Waals surface area contributed by atoms with E-state index in [1.807, 2.05) is 6.20 Å². The van der Waals surface area contributed by atoms with Crippen molar-refractivity contribution in [3.63, 3.8) is 0 Å². The summed E-state index contributed by atoms with van der Waals surface area (Å²) in [6.45, 7) is 3.26. The van der Waals surface area contributed by atoms with E-state index in [4.69, 9.17) is 0 Å². The van der Waals surface area contributed by atoms with Crippen LogP contribution in [0.2, 0.25) is 0 Å². The third kappa shape index (κ3) is 4.04. The maximum atomic E-state index is 11.4. The summed E-state index contributed by atoms with van der Waals surface area (Å²) in [5, 5.41) is 15.5. The molecule has 3 aliphatic rings. The molecule has 3 fully saturated rings. The SMILES string of the molecule is C[C@H]1CC[C@@H](Nc2cc3ccc(CN4C5CCC4CC(C(=O)O)C5)cc3cn2)CC1. The number of rotatable bonds is 5. The second-order valence-corrected chi connectivity index (χ2v) is 9.92. The zero-order valence-electron chi connectivity index (χ0n) is 17.9. The highest BCUT2D eigenvalue weighted by molar-refractivity contribution is 5.84. The minimum absolute atomic E-state index is 0.155. The van der Waals surface area contributed by atoms with Crippen LogP contribution in [0.1, 0.15) is 63.9 Å². The highest BCUT2D eigenvalue weighted by Crippen LogP contribution is 2.40. The van der Waals surface area contributed by atoms with Crippen LogP contribution < -0.4 is 5.32 Å². The molecule has 0 spiro atoms. The number of fused-ring (bicyclic) bond motifs is 3. The molecule has 1 saturated carbocycles. The standard InChI is InChI=1S/C25H33N3O2/c1-16-2-6-21(7-3-16)27-24-13-18-5-4-17(10-20(18)14-26-24)15-28-22-8-9-23(28)12-19(11-22)25(29)30/h4-5,10,13-14,16,19,21-23H,2-3,6-9,11-12,15H2,1H3,(H,26,27)(H,29,30)/t16-,19?,21+,22?,23?. The summed E-state index contributed by atoms with van der Waals surface area (Å²) < 4.78 is 0. The van der Waals surface area contributed by atoms with E-state index >= 15 is 0 Å². The van der Waals surface area contributed by atoms with Gasteiger partial charge in [0.25, 0.3) is 0 Å². The molecule has 2 N–H and O–H groups in total. The highest BCUT2D eigenvalue weighted by Gasteiger charge is 2.42. The molecule has 2 unspecified atom stereocenters. The molecule has 2 aliphatic heterocycles. The lowest BCUT2D eigenvalue weighted by Gasteiger charge is -2.37. The van der Waals surface area contributed by atoms with E-state index in [1.54, 1.807) is 0 Å². The number of carboxylic acid groups (broad SMARTS) is 1. The zero-order chi connectivity index (χ0) is 20.7. The molecule has 2 saturated heterocycles. The molecular weight excluding hydrogens is 374 g/mol. The first-order chi connectivity index (χ1) is 14.5. The smallest absolute Gasteiger partial charge is 0.306 e. The maximum absolute atomic E-state index is 11.4. The molecule has 0 amide bonds. The highest BCUT2D eigenvalue weighted by atomic mass is 16.4. The van der Waals surface area contributed by atoms with Gasteiger partial charge >= 0.3 is 5.97 Å². The number of aromatic nitrogens is 1. The molecule has 3 heterocycles. The number of benzene rings is 1. The van der Waals surface area contributed by atoms with Gasteiger partial charge in [-0.3, -0.25) is 9.69 Å². The van der Waals surface area contributed by atoms with E-state index in [2.05, 4.69) is 46.4 Å². The molecule has 1 aromatic carbocycles. The van der Waals surface area contributed by atoms with Crippen molar-refractivity contribution in [3.05, 3.63) is 36.0 Å². The van der Waals surface area contributed by atoms with Crippen LogP contribution in [-0.4, -0.2) is 39.1 Å². The fraction of sp³-hybridized carbons (Fsp3) is 0.600. The van der Waals surface area contributed by atoms with E-state index < -0.39 is 5.97 Å². The number of aliphatic carboxylic acids is 1. The van der Waals surface area contributed by atoms with Crippen molar-refractivity contribution in [1.82, 2.24) is 9.88 Å². The number of carboxylic acids is 1. The van der Waals surface area contributed by atoms with Gasteiger partial charge in [-0.15, -0.1) is 0 Å². The summed E-state index contributed by atoms with van der Waals surface area (Å²) in [6, 6.07) is 10.3. The summed E-state index contributed by atoms with van der Waals surface area (Å²) in [4.78, 5) is 18.7. The Labute approximate surface area is 178 Å². The van der Waals surface area contributed by atoms with Crippen molar-refractivity contribution in [1.29, 1.82) is 0 Å². The van der Waals surface area contributed by atoms with Gasteiger partial charge < -0.3 is 10.4 Å². The number of carbonyl (C=O) groups is 1. The van der Waals surface area contributed by atoms with Crippen LogP contribution in [0.4, 0.5) is 5.82 Å². The predicted octanol–water partition coefficient (Wildman–Crippen LogP) is 5.05. The quantitative estimate of drug-likeness (QED) is 0.726. The van der Waals surface area contributed by atoms with Crippen LogP contribution in [0.3, 0.4) is 0 Å². The number of pyridine rings is 1. The minimum atomic E-state index is -0.615. The number of hydrogen-bond acceptors (Lipinski definition) is 4. The van der Waals surface area contributed by atoms with Gasteiger partial charge in [0, 0.05) is 36.3 Å². The summed E-state index contributed by atoms with van der Waals surface area (Å²) in [5.74, 6) is 1.08. The predicted molar refractivity (Wildman–Crippen MR) is 119 cm³/mol. The molecule has 1 aliphatic carbocycles. The molecule has 1 aromatic heterocycles. The molecule has 5 nitrogen and oxygen atoms in total. The van der Waals surface area contributed by atoms with Gasteiger partial charge in [-0.2, -0.15) is 0 Å². The molecule has 30 heavy (non-hydrogen) atoms. The van der Waals surface area contributed by atoms with Gasteiger partial charge in [0.15, 0.2) is 0 Å². The molecule has 2 aromatic rings. The average Bonchev–Trinajstić information content (AvgIpc) is 2.96. The van der Waals surface area contributed by atoms with Crippen LogP contribution in [-0.2, 0) is 11.3 Å². The molecule has 160 valence electrons. The number of piperidine rings is 1. The molecule has 0 radical (unpaired) electrons. The Morgan fingerprint density at radius 1 is 1.07 bits per heavy atom. The van der Waals surface area contributed by atoms with Gasteiger partial charge in [-0.25, -0.2) is 4.98 Å². The van der Waals surface area contributed by atoms with Gasteiger partial charge in [0.2, 0.25) is 0 Å². The van der Waals surface area contributed by atoms with Crippen molar-refractivity contribution in [2.75, 3.05) is 5.32 Å². The third-order valence-electron chi connectivity index (χ3n) is 7.75. The number of nitrogens with one attached hydrogen (secondary N) is 1. The second-order valence-electron chi connectivity index (χ2n) is 9.92. The fourth-order valence-electron chi connectivity index (χ4n) is 5.93. The fourth-order valence-corrected chi connectivity index (χ4v) is 5.93. The Hall–Kier alpha value is -2.14. The minimum Gasteiger partial charge on any atom is -0.481 e. The van der Waals surface area contributed by atoms with E-state index in [-0.39, 0.29) is 5.92 Å². The van der Waals surface area contributed by atoms with Crippen molar-refractivity contribution in [2.45, 2.75) is 83.0 Å². The van der Waals surface area contributed by atoms with Gasteiger partial charge in [0.05, 0.1) is 5.92 Å². The summed E-state index contributed by atoms with van der Waals surface area (Å²) in [5.41, 5.74) is 1.30. The van der Waals surface area contributed by atoms with Gasteiger partial charge in [-0.05, 0) is 80.4 Å². The van der Waals surface area contributed by atoms with Crippen LogP contribution in [0.25, 0.3) is 10.8 Å². The van der Waals surface area contributed by atoms with Crippen molar-refractivity contribution >= 4 is 22.6 Å². The summed E-state index contributed by atoms with van der Waals surface area (Å²) in [6.07, 6.45) is 11.0. The monoisotopic (exact) mass is 407 g/mol. The van der Waals surface area contributed by atoms with Crippen molar-refractivity contribution in [3.8, 4) is 0 Å².